The van der Waals surface area contributed by atoms with Crippen molar-refractivity contribution in [3.05, 3.63) is 11.6 Å². The number of rotatable bonds is 5. The van der Waals surface area contributed by atoms with Gasteiger partial charge in [-0.2, -0.15) is 0 Å². The number of halogens is 1. The monoisotopic (exact) mass is 449 g/mol. The van der Waals surface area contributed by atoms with Crippen molar-refractivity contribution in [2.75, 3.05) is 39.4 Å². The van der Waals surface area contributed by atoms with Crippen LogP contribution < -0.4 is 5.32 Å². The second-order valence-corrected chi connectivity index (χ2v) is 6.65. The highest BCUT2D eigenvalue weighted by Gasteiger charge is 2.32. The predicted molar refractivity (Wildman–Crippen MR) is 108 cm³/mol. The molecule has 0 aromatic rings. The van der Waals surface area contributed by atoms with E-state index < -0.39 is 0 Å². The van der Waals surface area contributed by atoms with Crippen molar-refractivity contribution in [3.8, 4) is 0 Å². The number of hydrogen-bond donors (Lipinski definition) is 1. The molecule has 2 saturated heterocycles. The number of allylic oxidation sites excluding steroid dienone is 1. The summed E-state index contributed by atoms with van der Waals surface area (Å²) < 4.78 is 11.8. The Morgan fingerprint density at radius 2 is 2.17 bits per heavy atom. The molecule has 5 nitrogen and oxygen atoms in total. The molecule has 1 N–H and O–H groups in total. The first kappa shape index (κ1) is 20.0. The highest BCUT2D eigenvalue weighted by atomic mass is 127. The number of nitrogens with zero attached hydrogens (tertiary/aromatic N) is 2. The van der Waals surface area contributed by atoms with Gasteiger partial charge in [0.2, 0.25) is 0 Å². The van der Waals surface area contributed by atoms with Gasteiger partial charge in [-0.25, -0.2) is 0 Å². The molecule has 0 aromatic carbocycles. The molecule has 0 aromatic heterocycles. The number of aliphatic imine (C=N–C) groups is 1. The van der Waals surface area contributed by atoms with Gasteiger partial charge in [0, 0.05) is 32.8 Å². The van der Waals surface area contributed by atoms with Crippen LogP contribution in [0.3, 0.4) is 0 Å². The van der Waals surface area contributed by atoms with Crippen LogP contribution in [0.15, 0.2) is 16.6 Å². The lowest BCUT2D eigenvalue weighted by molar-refractivity contribution is -0.0817. The lowest BCUT2D eigenvalue weighted by Crippen LogP contribution is -2.53. The summed E-state index contributed by atoms with van der Waals surface area (Å²) in [4.78, 5) is 7.21. The van der Waals surface area contributed by atoms with Crippen molar-refractivity contribution < 1.29 is 9.47 Å². The Hall–Kier alpha value is -0.340. The van der Waals surface area contributed by atoms with E-state index in [-0.39, 0.29) is 36.2 Å². The minimum absolute atomic E-state index is 0. The summed E-state index contributed by atoms with van der Waals surface area (Å²) in [5.41, 5.74) is 1.59. The van der Waals surface area contributed by atoms with Crippen molar-refractivity contribution in [2.45, 2.75) is 57.7 Å². The van der Waals surface area contributed by atoms with Crippen LogP contribution in [-0.2, 0) is 9.47 Å². The molecule has 2 heterocycles. The fourth-order valence-corrected chi connectivity index (χ4v) is 3.68. The van der Waals surface area contributed by atoms with Crippen LogP contribution >= 0.6 is 24.0 Å². The zero-order valence-electron chi connectivity index (χ0n) is 14.8. The largest absolute Gasteiger partial charge is 0.375 e. The summed E-state index contributed by atoms with van der Waals surface area (Å²) in [7, 11) is 0. The average Bonchev–Trinajstić information content (AvgIpc) is 3.28. The lowest BCUT2D eigenvalue weighted by Gasteiger charge is -2.37. The SMILES string of the molecule is CCNC(=NCCC1=CCCC1)N1CCOC(C2CCCO2)C1.I. The molecule has 0 spiro atoms. The van der Waals surface area contributed by atoms with Crippen molar-refractivity contribution in [1.29, 1.82) is 0 Å². The van der Waals surface area contributed by atoms with Gasteiger partial charge in [0.05, 0.1) is 12.7 Å². The third-order valence-corrected chi connectivity index (χ3v) is 4.94. The van der Waals surface area contributed by atoms with E-state index in [0.717, 1.165) is 64.6 Å². The minimum Gasteiger partial charge on any atom is -0.375 e. The Kier molecular flexibility index (Phi) is 8.83. The molecular formula is C18H32IN3O2. The predicted octanol–water partition coefficient (Wildman–Crippen LogP) is 2.95. The summed E-state index contributed by atoms with van der Waals surface area (Å²) in [6.45, 7) is 7.37. The van der Waals surface area contributed by atoms with E-state index in [9.17, 15) is 0 Å². The molecule has 138 valence electrons. The standard InChI is InChI=1S/C18H31N3O2.HI/c1-2-19-18(20-10-9-15-6-3-4-7-15)21-11-13-23-17(14-21)16-8-5-12-22-16;/h6,16-17H,2-5,7-14H2,1H3,(H,19,20);1H. The van der Waals surface area contributed by atoms with Crippen molar-refractivity contribution >= 4 is 29.9 Å². The summed E-state index contributed by atoms with van der Waals surface area (Å²) >= 11 is 0. The van der Waals surface area contributed by atoms with Crippen LogP contribution in [0.25, 0.3) is 0 Å². The van der Waals surface area contributed by atoms with E-state index in [1.165, 1.54) is 19.3 Å². The number of hydrogen-bond acceptors (Lipinski definition) is 3. The van der Waals surface area contributed by atoms with Gasteiger partial charge < -0.3 is 19.7 Å². The van der Waals surface area contributed by atoms with Crippen LogP contribution in [0.4, 0.5) is 0 Å². The summed E-state index contributed by atoms with van der Waals surface area (Å²) in [5, 5.41) is 3.45. The average molecular weight is 449 g/mol. The molecule has 2 aliphatic heterocycles. The first-order valence-corrected chi connectivity index (χ1v) is 9.31. The van der Waals surface area contributed by atoms with Gasteiger partial charge in [-0.1, -0.05) is 11.6 Å². The minimum atomic E-state index is 0. The molecule has 0 bridgehead atoms. The molecule has 24 heavy (non-hydrogen) atoms. The molecule has 0 radical (unpaired) electrons. The maximum absolute atomic E-state index is 5.95. The second kappa shape index (κ2) is 10.6. The number of nitrogens with one attached hydrogen (secondary N) is 1. The Morgan fingerprint density at radius 3 is 2.88 bits per heavy atom. The van der Waals surface area contributed by atoms with Gasteiger partial charge in [0.15, 0.2) is 5.96 Å². The highest BCUT2D eigenvalue weighted by Crippen LogP contribution is 2.22. The number of ether oxygens (including phenoxy) is 2. The van der Waals surface area contributed by atoms with Crippen LogP contribution in [0, 0.1) is 0 Å². The van der Waals surface area contributed by atoms with E-state index in [1.54, 1.807) is 5.57 Å². The molecule has 0 saturated carbocycles. The molecule has 6 heteroatoms. The van der Waals surface area contributed by atoms with Crippen molar-refractivity contribution in [3.63, 3.8) is 0 Å². The van der Waals surface area contributed by atoms with E-state index >= 15 is 0 Å². The first-order valence-electron chi connectivity index (χ1n) is 9.31. The zero-order chi connectivity index (χ0) is 15.9. The van der Waals surface area contributed by atoms with E-state index in [0.29, 0.717) is 0 Å². The summed E-state index contributed by atoms with van der Waals surface area (Å²) in [5.74, 6) is 1.04. The van der Waals surface area contributed by atoms with Gasteiger partial charge >= 0.3 is 0 Å². The Balaban J connectivity index is 0.00000208. The van der Waals surface area contributed by atoms with Crippen LogP contribution in [0.5, 0.6) is 0 Å². The Morgan fingerprint density at radius 1 is 1.29 bits per heavy atom. The maximum atomic E-state index is 5.95. The molecule has 0 amide bonds. The van der Waals surface area contributed by atoms with E-state index in [2.05, 4.69) is 23.2 Å². The van der Waals surface area contributed by atoms with Crippen LogP contribution in [-0.4, -0.2) is 62.5 Å². The molecule has 3 aliphatic rings. The number of morpholine rings is 1. The lowest BCUT2D eigenvalue weighted by atomic mass is 10.1. The number of guanidine groups is 1. The van der Waals surface area contributed by atoms with E-state index in [1.807, 2.05) is 0 Å². The molecule has 2 unspecified atom stereocenters. The molecule has 2 fully saturated rings. The Bertz CT molecular complexity index is 436. The fourth-order valence-electron chi connectivity index (χ4n) is 3.68. The van der Waals surface area contributed by atoms with Gasteiger partial charge in [-0.05, 0) is 45.4 Å². The smallest absolute Gasteiger partial charge is 0.194 e. The highest BCUT2D eigenvalue weighted by molar-refractivity contribution is 14.0. The molecule has 3 rings (SSSR count). The third kappa shape index (κ3) is 5.59. The summed E-state index contributed by atoms with van der Waals surface area (Å²) in [6.07, 6.45) is 10.1. The van der Waals surface area contributed by atoms with Crippen LogP contribution in [0.1, 0.15) is 45.4 Å². The molecule has 2 atom stereocenters. The van der Waals surface area contributed by atoms with Crippen molar-refractivity contribution in [1.82, 2.24) is 10.2 Å². The normalized spacial score (nSPS) is 27.8. The van der Waals surface area contributed by atoms with Crippen molar-refractivity contribution in [2.24, 2.45) is 4.99 Å². The van der Waals surface area contributed by atoms with Gasteiger partial charge in [-0.15, -0.1) is 24.0 Å². The quantitative estimate of drug-likeness (QED) is 0.304. The zero-order valence-corrected chi connectivity index (χ0v) is 17.2. The third-order valence-electron chi connectivity index (χ3n) is 4.94. The van der Waals surface area contributed by atoms with Crippen LogP contribution in [0.2, 0.25) is 0 Å². The first-order chi connectivity index (χ1) is 11.4. The van der Waals surface area contributed by atoms with Gasteiger partial charge in [-0.3, -0.25) is 4.99 Å². The topological polar surface area (TPSA) is 46.1 Å². The Labute approximate surface area is 163 Å². The van der Waals surface area contributed by atoms with Gasteiger partial charge in [0.25, 0.3) is 0 Å². The fraction of sp³-hybridized carbons (Fsp3) is 0.833. The molecular weight excluding hydrogens is 417 g/mol. The van der Waals surface area contributed by atoms with E-state index in [4.69, 9.17) is 14.5 Å². The maximum Gasteiger partial charge on any atom is 0.194 e. The second-order valence-electron chi connectivity index (χ2n) is 6.65. The summed E-state index contributed by atoms with van der Waals surface area (Å²) in [6, 6.07) is 0. The molecule has 1 aliphatic carbocycles. The van der Waals surface area contributed by atoms with Gasteiger partial charge in [0.1, 0.15) is 6.10 Å².